The van der Waals surface area contributed by atoms with Crippen LogP contribution in [0.2, 0.25) is 0 Å². The van der Waals surface area contributed by atoms with E-state index >= 15 is 0 Å². The molecular weight excluding hydrogens is 260 g/mol. The zero-order valence-corrected chi connectivity index (χ0v) is 12.2. The number of aromatic nitrogens is 1. The van der Waals surface area contributed by atoms with E-state index in [4.69, 9.17) is 4.74 Å². The number of aliphatic hydroxyl groups is 1. The Kier molecular flexibility index (Phi) is 4.52. The smallest absolute Gasteiger partial charge is 0.190 e. The van der Waals surface area contributed by atoms with Crippen LogP contribution in [0.25, 0.3) is 0 Å². The van der Waals surface area contributed by atoms with Crippen molar-refractivity contribution in [3.05, 3.63) is 40.4 Å². The van der Waals surface area contributed by atoms with Gasteiger partial charge in [-0.25, -0.2) is 4.98 Å². The highest BCUT2D eigenvalue weighted by Gasteiger charge is 2.14. The number of nitrogens with zero attached hydrogens (tertiary/aromatic N) is 2. The van der Waals surface area contributed by atoms with E-state index in [9.17, 15) is 5.11 Å². The Morgan fingerprint density at radius 1 is 1.32 bits per heavy atom. The molecule has 0 saturated heterocycles. The predicted molar refractivity (Wildman–Crippen MR) is 78.0 cm³/mol. The average Bonchev–Trinajstić information content (AvgIpc) is 2.82. The van der Waals surface area contributed by atoms with Crippen LogP contribution >= 0.6 is 11.3 Å². The summed E-state index contributed by atoms with van der Waals surface area (Å²) in [6.07, 6.45) is 0. The lowest BCUT2D eigenvalue weighted by atomic mass is 10.2. The Morgan fingerprint density at radius 2 is 2.00 bits per heavy atom. The van der Waals surface area contributed by atoms with E-state index in [1.807, 2.05) is 11.9 Å². The fraction of sp³-hybridized carbons (Fsp3) is 0.357. The van der Waals surface area contributed by atoms with Crippen LogP contribution < -0.4 is 4.90 Å². The summed E-state index contributed by atoms with van der Waals surface area (Å²) in [6, 6.07) is 8.27. The second-order valence-corrected chi connectivity index (χ2v) is 5.41. The third kappa shape index (κ3) is 3.12. The molecule has 0 bridgehead atoms. The number of thiazole rings is 1. The molecule has 102 valence electrons. The number of hydrogen-bond donors (Lipinski definition) is 1. The summed E-state index contributed by atoms with van der Waals surface area (Å²) in [5.41, 5.74) is 3.11. The van der Waals surface area contributed by atoms with Crippen molar-refractivity contribution in [2.24, 2.45) is 0 Å². The molecule has 1 aromatic heterocycles. The van der Waals surface area contributed by atoms with Gasteiger partial charge in [0.1, 0.15) is 0 Å². The van der Waals surface area contributed by atoms with Crippen LogP contribution in [-0.4, -0.2) is 24.2 Å². The Hall–Kier alpha value is -1.43. The molecular formula is C14H18N2O2S. The van der Waals surface area contributed by atoms with E-state index < -0.39 is 0 Å². The van der Waals surface area contributed by atoms with Gasteiger partial charge in [-0.15, -0.1) is 0 Å². The summed E-state index contributed by atoms with van der Waals surface area (Å²) in [6.45, 7) is 2.49. The standard InChI is InChI=1S/C14H18N2O2S/c1-10-4-6-11(7-5-10)16(2)14-15-12(9-18-3)13(8-17)19-14/h4-7,17H,8-9H2,1-3H3. The maximum Gasteiger partial charge on any atom is 0.190 e. The van der Waals surface area contributed by atoms with Crippen molar-refractivity contribution in [2.75, 3.05) is 19.1 Å². The number of benzene rings is 1. The van der Waals surface area contributed by atoms with Crippen molar-refractivity contribution in [3.63, 3.8) is 0 Å². The van der Waals surface area contributed by atoms with Gasteiger partial charge in [-0.3, -0.25) is 0 Å². The number of rotatable bonds is 5. The molecule has 1 heterocycles. The molecule has 0 aliphatic heterocycles. The Balaban J connectivity index is 2.28. The molecule has 0 radical (unpaired) electrons. The molecule has 0 unspecified atom stereocenters. The van der Waals surface area contributed by atoms with Gasteiger partial charge in [0.05, 0.1) is 23.8 Å². The highest BCUT2D eigenvalue weighted by atomic mass is 32.1. The zero-order chi connectivity index (χ0) is 13.8. The van der Waals surface area contributed by atoms with Gasteiger partial charge in [0.25, 0.3) is 0 Å². The van der Waals surface area contributed by atoms with Gasteiger partial charge in [0.15, 0.2) is 5.13 Å². The molecule has 1 N–H and O–H groups in total. The maximum absolute atomic E-state index is 9.34. The van der Waals surface area contributed by atoms with E-state index in [2.05, 4.69) is 36.2 Å². The molecule has 19 heavy (non-hydrogen) atoms. The number of methoxy groups -OCH3 is 1. The van der Waals surface area contributed by atoms with Gasteiger partial charge < -0.3 is 14.7 Å². The van der Waals surface area contributed by atoms with Crippen molar-refractivity contribution in [1.82, 2.24) is 4.98 Å². The minimum absolute atomic E-state index is 0.00189. The lowest BCUT2D eigenvalue weighted by Gasteiger charge is -2.15. The Labute approximate surface area is 117 Å². The minimum atomic E-state index is -0.00189. The molecule has 0 fully saturated rings. The Morgan fingerprint density at radius 3 is 2.58 bits per heavy atom. The van der Waals surface area contributed by atoms with Gasteiger partial charge in [-0.1, -0.05) is 29.0 Å². The molecule has 0 atom stereocenters. The average molecular weight is 278 g/mol. The van der Waals surface area contributed by atoms with Crippen molar-refractivity contribution in [3.8, 4) is 0 Å². The van der Waals surface area contributed by atoms with Crippen LogP contribution in [-0.2, 0) is 18.0 Å². The van der Waals surface area contributed by atoms with E-state index in [-0.39, 0.29) is 6.61 Å². The fourth-order valence-corrected chi connectivity index (χ4v) is 2.67. The first-order chi connectivity index (χ1) is 9.15. The first-order valence-electron chi connectivity index (χ1n) is 6.04. The third-order valence-corrected chi connectivity index (χ3v) is 4.06. The van der Waals surface area contributed by atoms with E-state index in [1.165, 1.54) is 16.9 Å². The zero-order valence-electron chi connectivity index (χ0n) is 11.4. The van der Waals surface area contributed by atoms with Crippen molar-refractivity contribution in [1.29, 1.82) is 0 Å². The minimum Gasteiger partial charge on any atom is -0.391 e. The third-order valence-electron chi connectivity index (χ3n) is 2.90. The van der Waals surface area contributed by atoms with Gasteiger partial charge in [0, 0.05) is 19.8 Å². The van der Waals surface area contributed by atoms with Crippen LogP contribution in [0.4, 0.5) is 10.8 Å². The molecule has 2 aromatic rings. The summed E-state index contributed by atoms with van der Waals surface area (Å²) >= 11 is 1.49. The number of aliphatic hydroxyl groups excluding tert-OH is 1. The second-order valence-electron chi connectivity index (χ2n) is 4.35. The van der Waals surface area contributed by atoms with Crippen molar-refractivity contribution in [2.45, 2.75) is 20.1 Å². The number of hydrogen-bond acceptors (Lipinski definition) is 5. The number of anilines is 2. The summed E-state index contributed by atoms with van der Waals surface area (Å²) in [7, 11) is 3.60. The molecule has 0 amide bonds. The summed E-state index contributed by atoms with van der Waals surface area (Å²) in [5.74, 6) is 0. The lowest BCUT2D eigenvalue weighted by Crippen LogP contribution is -2.09. The SMILES string of the molecule is COCc1nc(N(C)c2ccc(C)cc2)sc1CO. The lowest BCUT2D eigenvalue weighted by molar-refractivity contribution is 0.179. The first kappa shape index (κ1) is 14.0. The molecule has 0 aliphatic carbocycles. The van der Waals surface area contributed by atoms with Gasteiger partial charge >= 0.3 is 0 Å². The molecule has 4 nitrogen and oxygen atoms in total. The largest absolute Gasteiger partial charge is 0.391 e. The van der Waals surface area contributed by atoms with Crippen LogP contribution in [0.1, 0.15) is 16.1 Å². The highest BCUT2D eigenvalue weighted by molar-refractivity contribution is 7.15. The number of ether oxygens (including phenoxy) is 1. The normalized spacial score (nSPS) is 10.7. The number of aryl methyl sites for hydroxylation is 1. The fourth-order valence-electron chi connectivity index (χ4n) is 1.77. The molecule has 0 spiro atoms. The van der Waals surface area contributed by atoms with Crippen LogP contribution in [0.15, 0.2) is 24.3 Å². The summed E-state index contributed by atoms with van der Waals surface area (Å²) < 4.78 is 5.10. The van der Waals surface area contributed by atoms with E-state index in [0.717, 1.165) is 21.4 Å². The maximum atomic E-state index is 9.34. The molecule has 2 rings (SSSR count). The monoisotopic (exact) mass is 278 g/mol. The van der Waals surface area contributed by atoms with Gasteiger partial charge in [0.2, 0.25) is 0 Å². The molecule has 5 heteroatoms. The molecule has 1 aromatic carbocycles. The summed E-state index contributed by atoms with van der Waals surface area (Å²) in [5, 5.41) is 10.2. The molecule has 0 saturated carbocycles. The van der Waals surface area contributed by atoms with Crippen molar-refractivity contribution < 1.29 is 9.84 Å². The second kappa shape index (κ2) is 6.14. The highest BCUT2D eigenvalue weighted by Crippen LogP contribution is 2.31. The molecule has 0 aliphatic rings. The van der Waals surface area contributed by atoms with Crippen LogP contribution in [0, 0.1) is 6.92 Å². The van der Waals surface area contributed by atoms with E-state index in [1.54, 1.807) is 7.11 Å². The van der Waals surface area contributed by atoms with E-state index in [0.29, 0.717) is 6.61 Å². The van der Waals surface area contributed by atoms with Crippen molar-refractivity contribution >= 4 is 22.2 Å². The topological polar surface area (TPSA) is 45.6 Å². The van der Waals surface area contributed by atoms with Gasteiger partial charge in [-0.2, -0.15) is 0 Å². The summed E-state index contributed by atoms with van der Waals surface area (Å²) in [4.78, 5) is 7.40. The van der Waals surface area contributed by atoms with Crippen LogP contribution in [0.3, 0.4) is 0 Å². The van der Waals surface area contributed by atoms with Gasteiger partial charge in [-0.05, 0) is 19.1 Å². The first-order valence-corrected chi connectivity index (χ1v) is 6.86. The quantitative estimate of drug-likeness (QED) is 0.913. The predicted octanol–water partition coefficient (Wildman–Crippen LogP) is 2.86. The Bertz CT molecular complexity index is 537. The van der Waals surface area contributed by atoms with Crippen LogP contribution in [0.5, 0.6) is 0 Å².